The summed E-state index contributed by atoms with van der Waals surface area (Å²) in [6.45, 7) is 6.97. The topological polar surface area (TPSA) is 92.8 Å². The second-order valence-electron chi connectivity index (χ2n) is 6.98. The van der Waals surface area contributed by atoms with Gasteiger partial charge in [-0.2, -0.15) is 0 Å². The number of rotatable bonds is 7. The summed E-state index contributed by atoms with van der Waals surface area (Å²) in [7, 11) is -3.72. The fourth-order valence-electron chi connectivity index (χ4n) is 3.23. The summed E-state index contributed by atoms with van der Waals surface area (Å²) in [6.07, 6.45) is 1.06. The first-order valence-electron chi connectivity index (χ1n) is 9.26. The Bertz CT molecular complexity index is 1060. The molecule has 0 aromatic heterocycles. The molecule has 0 saturated carbocycles. The molecule has 0 aliphatic carbocycles. The van der Waals surface area contributed by atoms with Gasteiger partial charge in [0.05, 0.1) is 29.1 Å². The molecular weight excluding hydrogens is 428 g/mol. The molecule has 0 spiro atoms. The smallest absolute Gasteiger partial charge is 0.339 e. The summed E-state index contributed by atoms with van der Waals surface area (Å²) in [5.74, 6) is -1.17. The molecule has 0 unspecified atom stereocenters. The summed E-state index contributed by atoms with van der Waals surface area (Å²) < 4.78 is 30.9. The zero-order valence-corrected chi connectivity index (χ0v) is 19.1. The molecule has 0 aliphatic heterocycles. The van der Waals surface area contributed by atoms with E-state index in [2.05, 4.69) is 5.32 Å². The lowest BCUT2D eigenvalue weighted by molar-refractivity contribution is -0.114. The molecule has 2 aromatic rings. The van der Waals surface area contributed by atoms with E-state index in [0.29, 0.717) is 11.4 Å². The number of aryl methyl sites for hydroxylation is 3. The summed E-state index contributed by atoms with van der Waals surface area (Å²) >= 11 is 6.03. The van der Waals surface area contributed by atoms with Crippen molar-refractivity contribution < 1.29 is 22.7 Å². The van der Waals surface area contributed by atoms with E-state index in [-0.39, 0.29) is 17.2 Å². The third kappa shape index (κ3) is 5.73. The highest BCUT2D eigenvalue weighted by molar-refractivity contribution is 7.92. The molecule has 0 aliphatic rings. The van der Waals surface area contributed by atoms with Gasteiger partial charge < -0.3 is 10.1 Å². The Morgan fingerprint density at radius 2 is 1.70 bits per heavy atom. The summed E-state index contributed by atoms with van der Waals surface area (Å²) in [5.41, 5.74) is 3.39. The zero-order valence-electron chi connectivity index (χ0n) is 17.6. The van der Waals surface area contributed by atoms with Gasteiger partial charge in [-0.1, -0.05) is 29.3 Å². The molecule has 162 valence electrons. The minimum Gasteiger partial charge on any atom is -0.462 e. The number of sulfonamides is 1. The maximum Gasteiger partial charge on any atom is 0.339 e. The van der Waals surface area contributed by atoms with Crippen molar-refractivity contribution in [2.75, 3.05) is 29.0 Å². The van der Waals surface area contributed by atoms with E-state index in [1.165, 1.54) is 18.2 Å². The number of hydrogen-bond acceptors (Lipinski definition) is 5. The van der Waals surface area contributed by atoms with Crippen molar-refractivity contribution in [3.05, 3.63) is 57.6 Å². The molecule has 0 bridgehead atoms. The molecule has 2 rings (SSSR count). The van der Waals surface area contributed by atoms with E-state index in [4.69, 9.17) is 16.3 Å². The highest BCUT2D eigenvalue weighted by Gasteiger charge is 2.24. The number of amides is 1. The number of esters is 1. The average molecular weight is 453 g/mol. The van der Waals surface area contributed by atoms with Crippen LogP contribution >= 0.6 is 11.6 Å². The van der Waals surface area contributed by atoms with E-state index in [1.54, 1.807) is 20.8 Å². The number of nitrogens with one attached hydrogen (secondary N) is 1. The summed E-state index contributed by atoms with van der Waals surface area (Å²) in [6, 6.07) is 8.11. The van der Waals surface area contributed by atoms with Gasteiger partial charge in [0, 0.05) is 5.69 Å². The number of halogens is 1. The van der Waals surface area contributed by atoms with E-state index in [9.17, 15) is 18.0 Å². The summed E-state index contributed by atoms with van der Waals surface area (Å²) in [4.78, 5) is 24.7. The molecule has 0 atom stereocenters. The number of benzene rings is 2. The fraction of sp³-hybridized carbons (Fsp3) is 0.333. The molecule has 0 saturated heterocycles. The zero-order chi connectivity index (χ0) is 22.6. The van der Waals surface area contributed by atoms with Crippen LogP contribution in [0.4, 0.5) is 11.4 Å². The van der Waals surface area contributed by atoms with Crippen molar-refractivity contribution in [3.63, 3.8) is 0 Å². The number of nitrogens with zero attached hydrogens (tertiary/aromatic N) is 1. The Hall–Kier alpha value is -2.58. The first-order chi connectivity index (χ1) is 13.9. The number of hydrogen-bond donors (Lipinski definition) is 1. The van der Waals surface area contributed by atoms with Crippen LogP contribution in [0.25, 0.3) is 0 Å². The van der Waals surface area contributed by atoms with Crippen molar-refractivity contribution in [3.8, 4) is 0 Å². The lowest BCUT2D eigenvalue weighted by Crippen LogP contribution is -2.38. The van der Waals surface area contributed by atoms with Gasteiger partial charge in [0.25, 0.3) is 0 Å². The number of anilines is 2. The first-order valence-corrected chi connectivity index (χ1v) is 11.5. The molecule has 0 radical (unpaired) electrons. The Kier molecular flexibility index (Phi) is 7.49. The quantitative estimate of drug-likeness (QED) is 0.644. The predicted octanol–water partition coefficient (Wildman–Crippen LogP) is 3.85. The summed E-state index contributed by atoms with van der Waals surface area (Å²) in [5, 5.41) is 2.81. The van der Waals surface area contributed by atoms with Gasteiger partial charge in [0.1, 0.15) is 6.54 Å². The lowest BCUT2D eigenvalue weighted by atomic mass is 10.1. The van der Waals surface area contributed by atoms with Crippen LogP contribution in [-0.4, -0.2) is 39.7 Å². The van der Waals surface area contributed by atoms with Gasteiger partial charge in [0.2, 0.25) is 15.9 Å². The first kappa shape index (κ1) is 23.7. The molecule has 0 fully saturated rings. The van der Waals surface area contributed by atoms with Crippen molar-refractivity contribution in [2.24, 2.45) is 0 Å². The van der Waals surface area contributed by atoms with Gasteiger partial charge in [-0.3, -0.25) is 9.10 Å². The maximum absolute atomic E-state index is 12.7. The van der Waals surface area contributed by atoms with Crippen molar-refractivity contribution in [2.45, 2.75) is 27.7 Å². The Morgan fingerprint density at radius 3 is 2.23 bits per heavy atom. The standard InChI is InChI=1S/C21H25ClN2O5S/c1-6-29-21(26)17-11-16(7-8-18(17)22)23-19(25)12-24(30(5,27)28)20-14(3)9-13(2)10-15(20)4/h7-11H,6,12H2,1-5H3,(H,23,25). The van der Waals surface area contributed by atoms with Crippen LogP contribution in [0.2, 0.25) is 5.02 Å². The largest absolute Gasteiger partial charge is 0.462 e. The van der Waals surface area contributed by atoms with E-state index < -0.39 is 28.4 Å². The van der Waals surface area contributed by atoms with Gasteiger partial charge in [0.15, 0.2) is 0 Å². The van der Waals surface area contributed by atoms with E-state index in [0.717, 1.165) is 27.3 Å². The van der Waals surface area contributed by atoms with Crippen LogP contribution in [0.1, 0.15) is 34.0 Å². The van der Waals surface area contributed by atoms with Crippen LogP contribution in [0.3, 0.4) is 0 Å². The van der Waals surface area contributed by atoms with E-state index in [1.807, 2.05) is 19.1 Å². The second-order valence-corrected chi connectivity index (χ2v) is 9.29. The van der Waals surface area contributed by atoms with Crippen LogP contribution in [0.5, 0.6) is 0 Å². The highest BCUT2D eigenvalue weighted by Crippen LogP contribution is 2.28. The second kappa shape index (κ2) is 9.49. The van der Waals surface area contributed by atoms with Crippen LogP contribution in [0.15, 0.2) is 30.3 Å². The van der Waals surface area contributed by atoms with Crippen molar-refractivity contribution in [1.29, 1.82) is 0 Å². The van der Waals surface area contributed by atoms with Gasteiger partial charge in [-0.05, 0) is 57.0 Å². The molecule has 7 nitrogen and oxygen atoms in total. The predicted molar refractivity (Wildman–Crippen MR) is 119 cm³/mol. The lowest BCUT2D eigenvalue weighted by Gasteiger charge is -2.26. The average Bonchev–Trinajstić information content (AvgIpc) is 2.61. The fourth-order valence-corrected chi connectivity index (χ4v) is 4.39. The highest BCUT2D eigenvalue weighted by atomic mass is 35.5. The Labute approximate surface area is 182 Å². The third-order valence-electron chi connectivity index (χ3n) is 4.32. The van der Waals surface area contributed by atoms with Crippen LogP contribution in [0, 0.1) is 20.8 Å². The molecule has 9 heteroatoms. The SMILES string of the molecule is CCOC(=O)c1cc(NC(=O)CN(c2c(C)cc(C)cc2C)S(C)(=O)=O)ccc1Cl. The Morgan fingerprint density at radius 1 is 1.10 bits per heavy atom. The maximum atomic E-state index is 12.7. The van der Waals surface area contributed by atoms with Crippen LogP contribution < -0.4 is 9.62 Å². The van der Waals surface area contributed by atoms with E-state index >= 15 is 0 Å². The molecule has 2 aromatic carbocycles. The third-order valence-corrected chi connectivity index (χ3v) is 5.76. The molecule has 0 heterocycles. The normalized spacial score (nSPS) is 11.1. The molecular formula is C21H25ClN2O5S. The van der Waals surface area contributed by atoms with Crippen LogP contribution in [-0.2, 0) is 19.6 Å². The monoisotopic (exact) mass is 452 g/mol. The number of carbonyl (C=O) groups excluding carboxylic acids is 2. The molecule has 1 amide bonds. The van der Waals surface area contributed by atoms with Gasteiger partial charge in [-0.15, -0.1) is 0 Å². The molecule has 1 N–H and O–H groups in total. The van der Waals surface area contributed by atoms with Crippen molar-refractivity contribution in [1.82, 2.24) is 0 Å². The number of ether oxygens (including phenoxy) is 1. The van der Waals surface area contributed by atoms with Gasteiger partial charge >= 0.3 is 5.97 Å². The minimum atomic E-state index is -3.72. The minimum absolute atomic E-state index is 0.113. The van der Waals surface area contributed by atoms with Crippen molar-refractivity contribution >= 4 is 44.9 Å². The Balaban J connectivity index is 2.31. The number of carbonyl (C=O) groups is 2. The molecule has 30 heavy (non-hydrogen) atoms. The van der Waals surface area contributed by atoms with Gasteiger partial charge in [-0.25, -0.2) is 13.2 Å².